The molecule has 0 amide bonds. The highest BCUT2D eigenvalue weighted by Crippen LogP contribution is 2.18. The SMILES string of the molecule is O=[N+]([O-])c1ncccc1S(=O)(=O)O. The third kappa shape index (κ3) is 1.98. The van der Waals surface area contributed by atoms with Crippen molar-refractivity contribution < 1.29 is 17.9 Å². The lowest BCUT2D eigenvalue weighted by Gasteiger charge is -1.96. The zero-order chi connectivity index (χ0) is 10.1. The predicted molar refractivity (Wildman–Crippen MR) is 40.7 cm³/mol. The summed E-state index contributed by atoms with van der Waals surface area (Å²) in [7, 11) is -4.58. The molecular weight excluding hydrogens is 200 g/mol. The summed E-state index contributed by atoms with van der Waals surface area (Å²) < 4.78 is 29.7. The van der Waals surface area contributed by atoms with E-state index in [1.165, 1.54) is 6.07 Å². The molecule has 0 saturated heterocycles. The van der Waals surface area contributed by atoms with Crippen LogP contribution in [-0.2, 0) is 10.1 Å². The Morgan fingerprint density at radius 3 is 2.54 bits per heavy atom. The van der Waals surface area contributed by atoms with E-state index < -0.39 is 25.8 Å². The molecule has 0 fully saturated rings. The van der Waals surface area contributed by atoms with Gasteiger partial charge in [-0.1, -0.05) is 0 Å². The van der Waals surface area contributed by atoms with Crippen LogP contribution in [-0.4, -0.2) is 22.9 Å². The lowest BCUT2D eigenvalue weighted by Crippen LogP contribution is -2.04. The second-order valence-electron chi connectivity index (χ2n) is 2.06. The van der Waals surface area contributed by atoms with Crippen LogP contribution in [0.3, 0.4) is 0 Å². The molecule has 0 spiro atoms. The monoisotopic (exact) mass is 204 g/mol. The van der Waals surface area contributed by atoms with Crippen LogP contribution in [0.4, 0.5) is 5.82 Å². The summed E-state index contributed by atoms with van der Waals surface area (Å²) in [5.41, 5.74) is 0. The number of nitro groups is 1. The van der Waals surface area contributed by atoms with Crippen LogP contribution in [0, 0.1) is 10.1 Å². The molecule has 0 aromatic carbocycles. The Morgan fingerprint density at radius 2 is 2.15 bits per heavy atom. The van der Waals surface area contributed by atoms with Gasteiger partial charge in [0.2, 0.25) is 0 Å². The fourth-order valence-electron chi connectivity index (χ4n) is 0.721. The smallest absolute Gasteiger partial charge is 0.358 e. The summed E-state index contributed by atoms with van der Waals surface area (Å²) in [6, 6.07) is 2.08. The number of hydrogen-bond donors (Lipinski definition) is 1. The van der Waals surface area contributed by atoms with Gasteiger partial charge in [0, 0.05) is 0 Å². The molecule has 1 aromatic rings. The first-order valence-corrected chi connectivity index (χ1v) is 4.44. The molecule has 0 aliphatic rings. The van der Waals surface area contributed by atoms with Gasteiger partial charge in [0.15, 0.2) is 4.90 Å². The number of nitrogens with zero attached hydrogens (tertiary/aromatic N) is 2. The van der Waals surface area contributed by atoms with Crippen LogP contribution in [0.5, 0.6) is 0 Å². The molecule has 1 N–H and O–H groups in total. The number of rotatable bonds is 2. The summed E-state index contributed by atoms with van der Waals surface area (Å²) in [5.74, 6) is -0.884. The zero-order valence-corrected chi connectivity index (χ0v) is 6.93. The molecule has 13 heavy (non-hydrogen) atoms. The summed E-state index contributed by atoms with van der Waals surface area (Å²) in [6.07, 6.45) is 1.06. The highest BCUT2D eigenvalue weighted by molar-refractivity contribution is 7.86. The lowest BCUT2D eigenvalue weighted by molar-refractivity contribution is -0.392. The minimum Gasteiger partial charge on any atom is -0.358 e. The molecule has 0 unspecified atom stereocenters. The molecule has 0 saturated carbocycles. The molecule has 7 nitrogen and oxygen atoms in total. The number of aromatic nitrogens is 1. The molecule has 0 aliphatic heterocycles. The van der Waals surface area contributed by atoms with E-state index in [4.69, 9.17) is 4.55 Å². The summed E-state index contributed by atoms with van der Waals surface area (Å²) in [6.45, 7) is 0. The van der Waals surface area contributed by atoms with Crippen molar-refractivity contribution in [2.24, 2.45) is 0 Å². The average molecular weight is 204 g/mol. The molecule has 0 bridgehead atoms. The fraction of sp³-hybridized carbons (Fsp3) is 0. The highest BCUT2D eigenvalue weighted by Gasteiger charge is 2.24. The van der Waals surface area contributed by atoms with E-state index in [-0.39, 0.29) is 0 Å². The van der Waals surface area contributed by atoms with Crippen LogP contribution < -0.4 is 0 Å². The second-order valence-corrected chi connectivity index (χ2v) is 3.45. The van der Waals surface area contributed by atoms with E-state index in [1.54, 1.807) is 0 Å². The highest BCUT2D eigenvalue weighted by atomic mass is 32.2. The van der Waals surface area contributed by atoms with Gasteiger partial charge >= 0.3 is 15.9 Å². The van der Waals surface area contributed by atoms with Crippen molar-refractivity contribution in [3.63, 3.8) is 0 Å². The molecule has 1 rings (SSSR count). The Bertz CT molecular complexity index is 440. The molecule has 70 valence electrons. The Hall–Kier alpha value is -1.54. The van der Waals surface area contributed by atoms with Gasteiger partial charge in [-0.2, -0.15) is 8.42 Å². The van der Waals surface area contributed by atoms with Crippen LogP contribution in [0.15, 0.2) is 23.2 Å². The van der Waals surface area contributed by atoms with Crippen molar-refractivity contribution in [2.45, 2.75) is 4.90 Å². The maximum Gasteiger partial charge on any atom is 0.384 e. The van der Waals surface area contributed by atoms with Gasteiger partial charge in [-0.15, -0.1) is 0 Å². The second kappa shape index (κ2) is 3.07. The topological polar surface area (TPSA) is 110 Å². The van der Waals surface area contributed by atoms with Gasteiger partial charge < -0.3 is 10.1 Å². The molecule has 0 atom stereocenters. The van der Waals surface area contributed by atoms with Gasteiger partial charge in [0.1, 0.15) is 6.20 Å². The largest absolute Gasteiger partial charge is 0.384 e. The number of pyridine rings is 1. The molecule has 0 aliphatic carbocycles. The minimum atomic E-state index is -4.58. The first-order chi connectivity index (χ1) is 5.93. The van der Waals surface area contributed by atoms with Gasteiger partial charge in [-0.05, 0) is 22.0 Å². The van der Waals surface area contributed by atoms with Crippen LogP contribution in [0.25, 0.3) is 0 Å². The maximum absolute atomic E-state index is 10.6. The van der Waals surface area contributed by atoms with Crippen molar-refractivity contribution in [1.82, 2.24) is 4.98 Å². The lowest BCUT2D eigenvalue weighted by atomic mass is 10.5. The minimum absolute atomic E-state index is 0.806. The van der Waals surface area contributed by atoms with Crippen LogP contribution in [0.1, 0.15) is 0 Å². The molecule has 1 heterocycles. The van der Waals surface area contributed by atoms with Crippen molar-refractivity contribution in [2.75, 3.05) is 0 Å². The maximum atomic E-state index is 10.6. The average Bonchev–Trinajstić information content (AvgIpc) is 2.03. The van der Waals surface area contributed by atoms with E-state index >= 15 is 0 Å². The third-order valence-electron chi connectivity index (χ3n) is 1.20. The van der Waals surface area contributed by atoms with Gasteiger partial charge in [0.25, 0.3) is 0 Å². The first-order valence-electron chi connectivity index (χ1n) is 3.00. The molecular formula is C5H4N2O5S. The standard InChI is InChI=1S/C5H4N2O5S/c8-7(9)5-4(13(10,11)12)2-1-3-6-5/h1-3H,(H,10,11,12). The van der Waals surface area contributed by atoms with Gasteiger partial charge in [-0.25, -0.2) is 0 Å². The van der Waals surface area contributed by atoms with E-state index in [9.17, 15) is 18.5 Å². The zero-order valence-electron chi connectivity index (χ0n) is 6.11. The summed E-state index contributed by atoms with van der Waals surface area (Å²) in [4.78, 5) is 11.7. The third-order valence-corrected chi connectivity index (χ3v) is 2.08. The van der Waals surface area contributed by atoms with Gasteiger partial charge in [0.05, 0.1) is 0 Å². The summed E-state index contributed by atoms with van der Waals surface area (Å²) >= 11 is 0. The van der Waals surface area contributed by atoms with Crippen LogP contribution >= 0.6 is 0 Å². The Kier molecular flexibility index (Phi) is 2.26. The molecule has 1 aromatic heterocycles. The quantitative estimate of drug-likeness (QED) is 0.419. The Balaban J connectivity index is 3.46. The Morgan fingerprint density at radius 1 is 1.54 bits per heavy atom. The predicted octanol–water partition coefficient (Wildman–Crippen LogP) is 0.236. The van der Waals surface area contributed by atoms with Crippen molar-refractivity contribution in [1.29, 1.82) is 0 Å². The molecule has 8 heteroatoms. The fourth-order valence-corrected chi connectivity index (χ4v) is 1.33. The molecule has 0 radical (unpaired) electrons. The number of hydrogen-bond acceptors (Lipinski definition) is 5. The van der Waals surface area contributed by atoms with Crippen molar-refractivity contribution in [3.05, 3.63) is 28.4 Å². The van der Waals surface area contributed by atoms with E-state index in [0.29, 0.717) is 0 Å². The summed E-state index contributed by atoms with van der Waals surface area (Å²) in [5, 5.41) is 10.2. The van der Waals surface area contributed by atoms with E-state index in [0.717, 1.165) is 12.3 Å². The van der Waals surface area contributed by atoms with E-state index in [1.807, 2.05) is 0 Å². The van der Waals surface area contributed by atoms with Crippen LogP contribution in [0.2, 0.25) is 0 Å². The Labute approximate surface area is 72.9 Å². The normalized spacial score (nSPS) is 11.2. The van der Waals surface area contributed by atoms with Crippen molar-refractivity contribution >= 4 is 15.9 Å². The first kappa shape index (κ1) is 9.55. The van der Waals surface area contributed by atoms with Crippen molar-refractivity contribution in [3.8, 4) is 0 Å². The van der Waals surface area contributed by atoms with E-state index in [2.05, 4.69) is 4.98 Å². The van der Waals surface area contributed by atoms with Gasteiger partial charge in [-0.3, -0.25) is 4.55 Å².